The standard InChI is InChI=1S/C15H17F2NO4/c16-15(17)22-11-5-3-10(4-6-11)8-13(19)18-12(14(20)21)7-9-1-2-9/h3-6,9,12,15H,1-2,7-8H2,(H,18,19)(H,20,21). The van der Waals surface area contributed by atoms with Gasteiger partial charge in [-0.05, 0) is 30.0 Å². The molecular weight excluding hydrogens is 296 g/mol. The second-order valence-electron chi connectivity index (χ2n) is 5.34. The van der Waals surface area contributed by atoms with E-state index in [2.05, 4.69) is 10.1 Å². The number of carbonyl (C=O) groups excluding carboxylic acids is 1. The van der Waals surface area contributed by atoms with Gasteiger partial charge in [0.2, 0.25) is 5.91 Å². The van der Waals surface area contributed by atoms with Crippen LogP contribution in [0.2, 0.25) is 0 Å². The van der Waals surface area contributed by atoms with E-state index in [0.29, 0.717) is 17.9 Å². The van der Waals surface area contributed by atoms with Crippen molar-refractivity contribution in [2.75, 3.05) is 0 Å². The van der Waals surface area contributed by atoms with Gasteiger partial charge >= 0.3 is 12.6 Å². The Labute approximate surface area is 126 Å². The van der Waals surface area contributed by atoms with Gasteiger partial charge in [0.05, 0.1) is 6.42 Å². The van der Waals surface area contributed by atoms with E-state index in [1.807, 2.05) is 0 Å². The minimum atomic E-state index is -2.90. The maximum atomic E-state index is 12.0. The molecule has 7 heteroatoms. The molecule has 0 aliphatic heterocycles. The number of amides is 1. The van der Waals surface area contributed by atoms with Gasteiger partial charge in [0, 0.05) is 0 Å². The monoisotopic (exact) mass is 313 g/mol. The number of nitrogens with one attached hydrogen (secondary N) is 1. The molecule has 1 atom stereocenters. The number of rotatable bonds is 8. The highest BCUT2D eigenvalue weighted by Gasteiger charge is 2.30. The Morgan fingerprint density at radius 1 is 1.27 bits per heavy atom. The molecule has 120 valence electrons. The molecule has 0 spiro atoms. The predicted molar refractivity (Wildman–Crippen MR) is 73.7 cm³/mol. The van der Waals surface area contributed by atoms with Gasteiger partial charge in [-0.25, -0.2) is 4.79 Å². The smallest absolute Gasteiger partial charge is 0.387 e. The predicted octanol–water partition coefficient (Wildman–Crippen LogP) is 2.20. The van der Waals surface area contributed by atoms with Gasteiger partial charge in [-0.3, -0.25) is 4.79 Å². The summed E-state index contributed by atoms with van der Waals surface area (Å²) < 4.78 is 28.2. The molecule has 1 aliphatic carbocycles. The highest BCUT2D eigenvalue weighted by molar-refractivity contribution is 5.84. The Hall–Kier alpha value is -2.18. The highest BCUT2D eigenvalue weighted by atomic mass is 19.3. The van der Waals surface area contributed by atoms with Crippen LogP contribution in [-0.4, -0.2) is 29.6 Å². The van der Waals surface area contributed by atoms with E-state index in [9.17, 15) is 18.4 Å². The Kier molecular flexibility index (Phi) is 5.30. The summed E-state index contributed by atoms with van der Waals surface area (Å²) in [5.41, 5.74) is 0.592. The first kappa shape index (κ1) is 16.2. The molecule has 1 aromatic carbocycles. The van der Waals surface area contributed by atoms with Crippen molar-refractivity contribution in [1.29, 1.82) is 0 Å². The van der Waals surface area contributed by atoms with Crippen molar-refractivity contribution in [3.8, 4) is 5.75 Å². The quantitative estimate of drug-likeness (QED) is 0.771. The third kappa shape index (κ3) is 5.31. The summed E-state index contributed by atoms with van der Waals surface area (Å²) in [5, 5.41) is 11.6. The minimum absolute atomic E-state index is 0.0105. The minimum Gasteiger partial charge on any atom is -0.480 e. The number of alkyl halides is 2. The highest BCUT2D eigenvalue weighted by Crippen LogP contribution is 2.33. The van der Waals surface area contributed by atoms with Gasteiger partial charge in [0.1, 0.15) is 11.8 Å². The van der Waals surface area contributed by atoms with Crippen LogP contribution in [0.3, 0.4) is 0 Å². The topological polar surface area (TPSA) is 75.6 Å². The fourth-order valence-corrected chi connectivity index (χ4v) is 2.13. The Bertz CT molecular complexity index is 529. The number of hydrogen-bond donors (Lipinski definition) is 2. The van der Waals surface area contributed by atoms with E-state index >= 15 is 0 Å². The first-order valence-electron chi connectivity index (χ1n) is 7.00. The van der Waals surface area contributed by atoms with Gasteiger partial charge < -0.3 is 15.2 Å². The van der Waals surface area contributed by atoms with Gasteiger partial charge in [-0.15, -0.1) is 0 Å². The third-order valence-electron chi connectivity index (χ3n) is 3.41. The number of carbonyl (C=O) groups is 2. The van der Waals surface area contributed by atoms with Crippen molar-refractivity contribution in [3.05, 3.63) is 29.8 Å². The van der Waals surface area contributed by atoms with Crippen LogP contribution in [0.1, 0.15) is 24.8 Å². The molecule has 0 bridgehead atoms. The van der Waals surface area contributed by atoms with Crippen LogP contribution < -0.4 is 10.1 Å². The zero-order valence-electron chi connectivity index (χ0n) is 11.8. The van der Waals surface area contributed by atoms with Crippen molar-refractivity contribution in [3.63, 3.8) is 0 Å². The lowest BCUT2D eigenvalue weighted by atomic mass is 10.1. The Balaban J connectivity index is 1.86. The molecule has 1 aliphatic rings. The maximum Gasteiger partial charge on any atom is 0.387 e. The van der Waals surface area contributed by atoms with E-state index < -0.39 is 24.5 Å². The van der Waals surface area contributed by atoms with Gasteiger partial charge in [0.15, 0.2) is 0 Å². The van der Waals surface area contributed by atoms with Crippen LogP contribution in [0.25, 0.3) is 0 Å². The summed E-state index contributed by atoms with van der Waals surface area (Å²) >= 11 is 0. The number of aliphatic carboxylic acids is 1. The SMILES string of the molecule is O=C(Cc1ccc(OC(F)F)cc1)NC(CC1CC1)C(=O)O. The second-order valence-corrected chi connectivity index (χ2v) is 5.34. The molecule has 0 aromatic heterocycles. The summed E-state index contributed by atoms with van der Waals surface area (Å²) in [6.45, 7) is -2.90. The molecule has 1 fully saturated rings. The molecule has 1 saturated carbocycles. The maximum absolute atomic E-state index is 12.0. The lowest BCUT2D eigenvalue weighted by molar-refractivity contribution is -0.142. The zero-order chi connectivity index (χ0) is 16.1. The number of benzene rings is 1. The normalized spacial score (nSPS) is 15.4. The zero-order valence-corrected chi connectivity index (χ0v) is 11.8. The van der Waals surface area contributed by atoms with Crippen LogP contribution in [-0.2, 0) is 16.0 Å². The lowest BCUT2D eigenvalue weighted by Crippen LogP contribution is -2.41. The van der Waals surface area contributed by atoms with Crippen LogP contribution in [0.5, 0.6) is 5.75 Å². The Morgan fingerprint density at radius 2 is 1.91 bits per heavy atom. The van der Waals surface area contributed by atoms with E-state index in [-0.39, 0.29) is 12.2 Å². The van der Waals surface area contributed by atoms with Crippen molar-refractivity contribution in [2.24, 2.45) is 5.92 Å². The molecular formula is C15H17F2NO4. The Morgan fingerprint density at radius 3 is 2.41 bits per heavy atom. The number of halogens is 2. The summed E-state index contributed by atoms with van der Waals surface area (Å²) in [4.78, 5) is 23.0. The summed E-state index contributed by atoms with van der Waals surface area (Å²) in [7, 11) is 0. The van der Waals surface area contributed by atoms with E-state index in [0.717, 1.165) is 12.8 Å². The number of carboxylic acid groups (broad SMARTS) is 1. The van der Waals surface area contributed by atoms with Crippen molar-refractivity contribution in [1.82, 2.24) is 5.32 Å². The molecule has 2 N–H and O–H groups in total. The molecule has 2 rings (SSSR count). The lowest BCUT2D eigenvalue weighted by Gasteiger charge is -2.14. The first-order valence-corrected chi connectivity index (χ1v) is 7.00. The fourth-order valence-electron chi connectivity index (χ4n) is 2.13. The fraction of sp³-hybridized carbons (Fsp3) is 0.467. The largest absolute Gasteiger partial charge is 0.480 e. The van der Waals surface area contributed by atoms with Crippen LogP contribution in [0.15, 0.2) is 24.3 Å². The van der Waals surface area contributed by atoms with E-state index in [1.54, 1.807) is 0 Å². The average molecular weight is 313 g/mol. The molecule has 5 nitrogen and oxygen atoms in total. The molecule has 1 unspecified atom stereocenters. The van der Waals surface area contributed by atoms with E-state index in [1.165, 1.54) is 24.3 Å². The molecule has 1 amide bonds. The molecule has 1 aromatic rings. The van der Waals surface area contributed by atoms with Gasteiger partial charge in [0.25, 0.3) is 0 Å². The van der Waals surface area contributed by atoms with Crippen LogP contribution in [0.4, 0.5) is 8.78 Å². The molecule has 0 heterocycles. The first-order chi connectivity index (χ1) is 10.4. The number of carboxylic acids is 1. The van der Waals surface area contributed by atoms with Crippen LogP contribution in [0, 0.1) is 5.92 Å². The molecule has 0 radical (unpaired) electrons. The number of hydrogen-bond acceptors (Lipinski definition) is 3. The number of ether oxygens (including phenoxy) is 1. The summed E-state index contributed by atoms with van der Waals surface area (Å²) in [5.74, 6) is -1.06. The third-order valence-corrected chi connectivity index (χ3v) is 3.41. The summed E-state index contributed by atoms with van der Waals surface area (Å²) in [6.07, 6.45) is 2.45. The average Bonchev–Trinajstić information content (AvgIpc) is 3.23. The molecule has 22 heavy (non-hydrogen) atoms. The van der Waals surface area contributed by atoms with Crippen molar-refractivity contribution >= 4 is 11.9 Å². The van der Waals surface area contributed by atoms with Gasteiger partial charge in [-0.2, -0.15) is 8.78 Å². The van der Waals surface area contributed by atoms with Crippen LogP contribution >= 0.6 is 0 Å². The van der Waals surface area contributed by atoms with Crippen molar-refractivity contribution in [2.45, 2.75) is 38.3 Å². The van der Waals surface area contributed by atoms with Gasteiger partial charge in [-0.1, -0.05) is 25.0 Å². The second kappa shape index (κ2) is 7.20. The summed E-state index contributed by atoms with van der Waals surface area (Å²) in [6, 6.07) is 4.80. The molecule has 0 saturated heterocycles. The van der Waals surface area contributed by atoms with E-state index in [4.69, 9.17) is 5.11 Å². The van der Waals surface area contributed by atoms with Crippen molar-refractivity contribution < 1.29 is 28.2 Å².